The predicted octanol–water partition coefficient (Wildman–Crippen LogP) is 2.50. The quantitative estimate of drug-likeness (QED) is 0.407. The van der Waals surface area contributed by atoms with E-state index in [-0.39, 0.29) is 0 Å². The molecule has 1 saturated heterocycles. The average molecular weight is 351 g/mol. The van der Waals surface area contributed by atoms with Crippen molar-refractivity contribution in [3.05, 3.63) is 47.4 Å². The van der Waals surface area contributed by atoms with E-state index in [1.165, 1.54) is 0 Å². The fourth-order valence-electron chi connectivity index (χ4n) is 3.64. The Morgan fingerprint density at radius 1 is 1.31 bits per heavy atom. The zero-order valence-electron chi connectivity index (χ0n) is 14.5. The van der Waals surface area contributed by atoms with Crippen LogP contribution in [0, 0.1) is 12.1 Å². The summed E-state index contributed by atoms with van der Waals surface area (Å²) in [6.45, 7) is 4.40. The summed E-state index contributed by atoms with van der Waals surface area (Å²) in [5, 5.41) is 16.8. The molecular weight excluding hydrogens is 334 g/mol. The van der Waals surface area contributed by atoms with Gasteiger partial charge < -0.3 is 14.5 Å². The Hall–Kier alpha value is -3.00. The molecule has 0 amide bonds. The molecule has 8 heteroatoms. The fourth-order valence-corrected chi connectivity index (χ4v) is 3.64. The van der Waals surface area contributed by atoms with Gasteiger partial charge in [-0.1, -0.05) is 17.3 Å². The van der Waals surface area contributed by atoms with Crippen molar-refractivity contribution < 1.29 is 14.0 Å². The molecule has 132 valence electrons. The van der Waals surface area contributed by atoms with E-state index < -0.39 is 5.60 Å². The highest BCUT2D eigenvalue weighted by Gasteiger charge is 2.38. The van der Waals surface area contributed by atoms with Gasteiger partial charge in [-0.3, -0.25) is 4.40 Å². The zero-order chi connectivity index (χ0) is 17.9. The minimum absolute atomic E-state index is 0.359. The maximum absolute atomic E-state index is 12.7. The van der Waals surface area contributed by atoms with Crippen molar-refractivity contribution in [2.24, 2.45) is 0 Å². The van der Waals surface area contributed by atoms with Crippen molar-refractivity contribution in [3.63, 3.8) is 0 Å². The van der Waals surface area contributed by atoms with Gasteiger partial charge >= 0.3 is 0 Å². The first-order chi connectivity index (χ1) is 12.6. The summed E-state index contributed by atoms with van der Waals surface area (Å²) in [6, 6.07) is 7.41. The summed E-state index contributed by atoms with van der Waals surface area (Å²) in [7, 11) is 0. The van der Waals surface area contributed by atoms with Crippen molar-refractivity contribution in [1.82, 2.24) is 19.5 Å². The first-order valence-electron chi connectivity index (χ1n) is 8.55. The van der Waals surface area contributed by atoms with Crippen LogP contribution in [0.15, 0.2) is 35.1 Å². The van der Waals surface area contributed by atoms with E-state index in [4.69, 9.17) is 9.26 Å². The third-order valence-electron chi connectivity index (χ3n) is 5.08. The fraction of sp³-hybridized carbons (Fsp3) is 0.333. The van der Waals surface area contributed by atoms with Crippen molar-refractivity contribution in [1.29, 1.82) is 0 Å². The van der Waals surface area contributed by atoms with Crippen molar-refractivity contribution in [2.45, 2.75) is 32.3 Å². The Labute approximate surface area is 148 Å². The SMILES string of the molecule is Cc1c2c(-c3noc(C4(C)CCCO4)n3)ncn2c2ccccc2[n+]1[O-]. The Balaban J connectivity index is 1.73. The molecule has 4 heterocycles. The third-order valence-corrected chi connectivity index (χ3v) is 5.08. The topological polar surface area (TPSA) is 92.4 Å². The molecule has 26 heavy (non-hydrogen) atoms. The van der Waals surface area contributed by atoms with Crippen molar-refractivity contribution in [3.8, 4) is 11.5 Å². The van der Waals surface area contributed by atoms with E-state index in [0.717, 1.165) is 23.1 Å². The second-order valence-corrected chi connectivity index (χ2v) is 6.79. The molecule has 5 rings (SSSR count). The Morgan fingerprint density at radius 2 is 2.15 bits per heavy atom. The van der Waals surface area contributed by atoms with Crippen LogP contribution in [0.1, 0.15) is 31.4 Å². The maximum atomic E-state index is 12.7. The number of imidazole rings is 1. The van der Waals surface area contributed by atoms with Gasteiger partial charge in [0.05, 0.1) is 0 Å². The van der Waals surface area contributed by atoms with Crippen LogP contribution in [0.4, 0.5) is 0 Å². The number of aryl methyl sites for hydroxylation is 1. The number of fused-ring (bicyclic) bond motifs is 3. The number of benzene rings is 1. The summed E-state index contributed by atoms with van der Waals surface area (Å²) in [5.74, 6) is 0.803. The normalized spacial score (nSPS) is 20.4. The van der Waals surface area contributed by atoms with Gasteiger partial charge in [-0.05, 0) is 25.8 Å². The van der Waals surface area contributed by atoms with E-state index >= 15 is 0 Å². The van der Waals surface area contributed by atoms with E-state index in [0.29, 0.717) is 40.7 Å². The van der Waals surface area contributed by atoms with Crippen LogP contribution in [0.5, 0.6) is 0 Å². The minimum atomic E-state index is -0.555. The molecule has 0 saturated carbocycles. The summed E-state index contributed by atoms with van der Waals surface area (Å²) >= 11 is 0. The highest BCUT2D eigenvalue weighted by atomic mass is 16.5. The van der Waals surface area contributed by atoms with Gasteiger partial charge in [0.15, 0.2) is 0 Å². The largest absolute Gasteiger partial charge is 0.618 e. The van der Waals surface area contributed by atoms with Crippen LogP contribution in [0.2, 0.25) is 0 Å². The summed E-state index contributed by atoms with van der Waals surface area (Å²) in [4.78, 5) is 8.98. The standard InChI is InChI=1S/C18H17N5O3/c1-11-15-14(16-20-17(26-21-16)18(2)8-5-9-25-18)19-10-22(15)12-6-3-4-7-13(12)23(11)24/h3-4,6-7,10H,5,8-9H2,1-2H3. The number of aromatic nitrogens is 5. The summed E-state index contributed by atoms with van der Waals surface area (Å²) < 4.78 is 14.0. The molecule has 1 aliphatic rings. The average Bonchev–Trinajstić information content (AvgIpc) is 3.38. The first-order valence-corrected chi connectivity index (χ1v) is 8.55. The number of para-hydroxylation sites is 2. The second-order valence-electron chi connectivity index (χ2n) is 6.79. The molecule has 1 aliphatic heterocycles. The maximum Gasteiger partial charge on any atom is 0.258 e. The van der Waals surface area contributed by atoms with Crippen molar-refractivity contribution >= 4 is 16.6 Å². The van der Waals surface area contributed by atoms with Gasteiger partial charge in [-0.25, -0.2) is 4.98 Å². The molecule has 0 radical (unpaired) electrons. The lowest BCUT2D eigenvalue weighted by atomic mass is 10.0. The Morgan fingerprint density at radius 3 is 2.96 bits per heavy atom. The van der Waals surface area contributed by atoms with Crippen LogP contribution in [-0.2, 0) is 10.3 Å². The molecule has 0 bridgehead atoms. The van der Waals surface area contributed by atoms with Gasteiger partial charge in [0, 0.05) is 19.6 Å². The van der Waals surface area contributed by atoms with Crippen LogP contribution >= 0.6 is 0 Å². The minimum Gasteiger partial charge on any atom is -0.618 e. The molecule has 0 spiro atoms. The molecule has 0 N–H and O–H groups in total. The second kappa shape index (κ2) is 5.25. The van der Waals surface area contributed by atoms with Gasteiger partial charge in [0.2, 0.25) is 17.0 Å². The zero-order valence-corrected chi connectivity index (χ0v) is 14.5. The number of hydrogen-bond donors (Lipinski definition) is 0. The molecule has 8 nitrogen and oxygen atoms in total. The van der Waals surface area contributed by atoms with Crippen molar-refractivity contribution in [2.75, 3.05) is 6.61 Å². The van der Waals surface area contributed by atoms with E-state index in [1.54, 1.807) is 19.3 Å². The van der Waals surface area contributed by atoms with Crippen LogP contribution < -0.4 is 4.73 Å². The summed E-state index contributed by atoms with van der Waals surface area (Å²) in [5.41, 5.74) is 2.53. The van der Waals surface area contributed by atoms with Gasteiger partial charge in [-0.2, -0.15) is 9.71 Å². The molecule has 1 fully saturated rings. The van der Waals surface area contributed by atoms with E-state index in [1.807, 2.05) is 29.5 Å². The van der Waals surface area contributed by atoms with Crippen LogP contribution in [-0.4, -0.2) is 26.1 Å². The first kappa shape index (κ1) is 15.3. The lowest BCUT2D eigenvalue weighted by Gasteiger charge is -2.16. The van der Waals surface area contributed by atoms with Gasteiger partial charge in [0.25, 0.3) is 5.89 Å². The number of rotatable bonds is 2. The van der Waals surface area contributed by atoms with Crippen LogP contribution in [0.3, 0.4) is 0 Å². The Bertz CT molecular complexity index is 1140. The predicted molar refractivity (Wildman–Crippen MR) is 92.2 cm³/mol. The molecular formula is C18H17N5O3. The molecule has 1 aromatic carbocycles. The summed E-state index contributed by atoms with van der Waals surface area (Å²) in [6.07, 6.45) is 3.48. The molecule has 0 aliphatic carbocycles. The monoisotopic (exact) mass is 351 g/mol. The number of hydrogen-bond acceptors (Lipinski definition) is 6. The lowest BCUT2D eigenvalue weighted by molar-refractivity contribution is -0.583. The lowest BCUT2D eigenvalue weighted by Crippen LogP contribution is -2.32. The Kier molecular flexibility index (Phi) is 3.08. The van der Waals surface area contributed by atoms with Crippen LogP contribution in [0.25, 0.3) is 28.1 Å². The number of nitrogens with zero attached hydrogens (tertiary/aromatic N) is 5. The smallest absolute Gasteiger partial charge is 0.258 e. The molecule has 4 aromatic rings. The highest BCUT2D eigenvalue weighted by Crippen LogP contribution is 2.35. The van der Waals surface area contributed by atoms with E-state index in [2.05, 4.69) is 15.1 Å². The van der Waals surface area contributed by atoms with Gasteiger partial charge in [-0.15, -0.1) is 0 Å². The number of ether oxygens (including phenoxy) is 1. The van der Waals surface area contributed by atoms with Gasteiger partial charge in [0.1, 0.15) is 28.7 Å². The van der Waals surface area contributed by atoms with E-state index in [9.17, 15) is 5.21 Å². The molecule has 1 unspecified atom stereocenters. The molecule has 1 atom stereocenters. The molecule has 3 aromatic heterocycles. The highest BCUT2D eigenvalue weighted by molar-refractivity contribution is 5.82. The third kappa shape index (κ3) is 1.99.